The normalized spacial score (nSPS) is 9.24. The minimum atomic E-state index is -0.889. The van der Waals surface area contributed by atoms with Crippen LogP contribution in [0.25, 0.3) is 10.4 Å². The summed E-state index contributed by atoms with van der Waals surface area (Å²) in [5.74, 6) is -0.0692. The van der Waals surface area contributed by atoms with Crippen LogP contribution in [0.5, 0.6) is 5.75 Å². The highest BCUT2D eigenvalue weighted by molar-refractivity contribution is 5.72. The summed E-state index contributed by atoms with van der Waals surface area (Å²) in [6.45, 7) is 0. The van der Waals surface area contributed by atoms with Crippen LogP contribution in [0.1, 0.15) is 0 Å². The van der Waals surface area contributed by atoms with Crippen molar-refractivity contribution >= 4 is 17.1 Å². The molecule has 0 aliphatic heterocycles. The van der Waals surface area contributed by atoms with E-state index in [-0.39, 0.29) is 5.75 Å². The smallest absolute Gasteiger partial charge is 0.289 e. The van der Waals surface area contributed by atoms with Gasteiger partial charge in [-0.05, 0) is 10.6 Å². The van der Waals surface area contributed by atoms with E-state index in [0.717, 1.165) is 12.1 Å². The molecule has 0 aromatic heterocycles. The van der Waals surface area contributed by atoms with Gasteiger partial charge in [0.2, 0.25) is 0 Å². The van der Waals surface area contributed by atoms with Crippen molar-refractivity contribution < 1.29 is 14.6 Å². The van der Waals surface area contributed by atoms with E-state index in [2.05, 4.69) is 14.8 Å². The zero-order valence-corrected chi connectivity index (χ0v) is 8.43. The molecule has 0 atom stereocenters. The van der Waals surface area contributed by atoms with Crippen molar-refractivity contribution in [3.8, 4) is 5.75 Å². The molecule has 0 radical (unpaired) electrons. The molecule has 0 fully saturated rings. The molecule has 0 unspecified atom stereocenters. The molecule has 0 saturated carbocycles. The van der Waals surface area contributed by atoms with Gasteiger partial charge in [-0.15, -0.1) is 0 Å². The van der Waals surface area contributed by atoms with Gasteiger partial charge in [-0.3, -0.25) is 20.2 Å². The van der Waals surface area contributed by atoms with Crippen LogP contribution in [0.2, 0.25) is 0 Å². The van der Waals surface area contributed by atoms with Gasteiger partial charge in [0.15, 0.2) is 5.69 Å². The molecule has 0 N–H and O–H groups in total. The highest BCUT2D eigenvalue weighted by atomic mass is 16.6. The molecule has 88 valence electrons. The van der Waals surface area contributed by atoms with Crippen molar-refractivity contribution in [3.05, 3.63) is 42.8 Å². The maximum atomic E-state index is 10.7. The number of azide groups is 1. The number of hydrogen-bond acceptors (Lipinski definition) is 6. The van der Waals surface area contributed by atoms with Crippen molar-refractivity contribution in [3.63, 3.8) is 0 Å². The largest absolute Gasteiger partial charge is 0.496 e. The summed E-state index contributed by atoms with van der Waals surface area (Å²) in [4.78, 5) is 21.9. The predicted molar refractivity (Wildman–Crippen MR) is 55.1 cm³/mol. The van der Waals surface area contributed by atoms with Crippen molar-refractivity contribution in [2.75, 3.05) is 7.11 Å². The topological polar surface area (TPSA) is 144 Å². The second kappa shape index (κ2) is 4.77. The van der Waals surface area contributed by atoms with Gasteiger partial charge in [-0.1, -0.05) is 0 Å². The summed E-state index contributed by atoms with van der Waals surface area (Å²) in [5.41, 5.74) is 6.22. The van der Waals surface area contributed by atoms with E-state index < -0.39 is 26.9 Å². The van der Waals surface area contributed by atoms with E-state index in [9.17, 15) is 20.2 Å². The Balaban J connectivity index is 3.66. The van der Waals surface area contributed by atoms with Gasteiger partial charge in [0.1, 0.15) is 5.75 Å². The molecular weight excluding hydrogens is 234 g/mol. The molecule has 17 heavy (non-hydrogen) atoms. The van der Waals surface area contributed by atoms with Crippen molar-refractivity contribution in [1.29, 1.82) is 0 Å². The quantitative estimate of drug-likeness (QED) is 0.260. The van der Waals surface area contributed by atoms with Crippen LogP contribution < -0.4 is 4.74 Å². The fourth-order valence-corrected chi connectivity index (χ4v) is 1.12. The zero-order chi connectivity index (χ0) is 13.0. The standard InChI is InChI=1S/C7H5N5O5/c1-17-4-2-5(11(13)14)7(9-10-8)6(3-4)12(15)16/h2-3H,1H3. The SMILES string of the molecule is COc1cc([N+](=O)[O-])c(N=[N+]=[N-])c([N+](=O)[O-])c1. The average Bonchev–Trinajstić information content (AvgIpc) is 2.28. The molecule has 0 spiro atoms. The lowest BCUT2D eigenvalue weighted by molar-refractivity contribution is -0.392. The molecule has 0 bridgehead atoms. The molecule has 10 heteroatoms. The van der Waals surface area contributed by atoms with Crippen LogP contribution in [0, 0.1) is 20.2 Å². The van der Waals surface area contributed by atoms with Gasteiger partial charge >= 0.3 is 0 Å². The fraction of sp³-hybridized carbons (Fsp3) is 0.143. The van der Waals surface area contributed by atoms with Gasteiger partial charge in [0.25, 0.3) is 11.4 Å². The lowest BCUT2D eigenvalue weighted by Gasteiger charge is -2.02. The van der Waals surface area contributed by atoms with Crippen LogP contribution in [0.4, 0.5) is 17.1 Å². The minimum absolute atomic E-state index is 0.0692. The number of rotatable bonds is 4. The Morgan fingerprint density at radius 3 is 2.06 bits per heavy atom. The summed E-state index contributed by atoms with van der Waals surface area (Å²) >= 11 is 0. The van der Waals surface area contributed by atoms with Crippen LogP contribution in [-0.4, -0.2) is 17.0 Å². The number of nitrogens with zero attached hydrogens (tertiary/aromatic N) is 5. The average molecular weight is 239 g/mol. The van der Waals surface area contributed by atoms with E-state index in [1.54, 1.807) is 0 Å². The third-order valence-corrected chi connectivity index (χ3v) is 1.82. The fourth-order valence-electron chi connectivity index (χ4n) is 1.12. The Labute approximate surface area is 93.3 Å². The van der Waals surface area contributed by atoms with Crippen LogP contribution in [0.15, 0.2) is 17.2 Å². The summed E-state index contributed by atoms with van der Waals surface area (Å²) < 4.78 is 4.69. The second-order valence-electron chi connectivity index (χ2n) is 2.72. The Bertz CT molecular complexity index is 500. The van der Waals surface area contributed by atoms with E-state index >= 15 is 0 Å². The van der Waals surface area contributed by atoms with Gasteiger partial charge < -0.3 is 4.74 Å². The Hall–Kier alpha value is -2.87. The van der Waals surface area contributed by atoms with Gasteiger partial charge in [-0.2, -0.15) is 0 Å². The van der Waals surface area contributed by atoms with Gasteiger partial charge in [0.05, 0.1) is 29.1 Å². The highest BCUT2D eigenvalue weighted by Crippen LogP contribution is 2.40. The lowest BCUT2D eigenvalue weighted by Crippen LogP contribution is -1.95. The Kier molecular flexibility index (Phi) is 3.42. The first kappa shape index (κ1) is 12.2. The number of ether oxygens (including phenoxy) is 1. The van der Waals surface area contributed by atoms with E-state index in [0.29, 0.717) is 0 Å². The molecule has 0 aliphatic carbocycles. The van der Waals surface area contributed by atoms with Gasteiger partial charge in [0, 0.05) is 4.91 Å². The van der Waals surface area contributed by atoms with Crippen LogP contribution >= 0.6 is 0 Å². The summed E-state index contributed by atoms with van der Waals surface area (Å²) in [6.07, 6.45) is 0. The second-order valence-corrected chi connectivity index (χ2v) is 2.72. The number of methoxy groups -OCH3 is 1. The molecule has 10 nitrogen and oxygen atoms in total. The molecule has 0 amide bonds. The van der Waals surface area contributed by atoms with Crippen LogP contribution in [0.3, 0.4) is 0 Å². The third kappa shape index (κ3) is 2.38. The Morgan fingerprint density at radius 2 is 1.76 bits per heavy atom. The summed E-state index contributed by atoms with van der Waals surface area (Å²) in [6, 6.07) is 1.88. The number of nitro benzene ring substituents is 2. The minimum Gasteiger partial charge on any atom is -0.496 e. The van der Waals surface area contributed by atoms with Crippen molar-refractivity contribution in [2.24, 2.45) is 5.11 Å². The third-order valence-electron chi connectivity index (χ3n) is 1.82. The molecule has 0 heterocycles. The molecule has 0 saturated heterocycles. The molecular formula is C7H5N5O5. The van der Waals surface area contributed by atoms with Gasteiger partial charge in [-0.25, -0.2) is 0 Å². The van der Waals surface area contributed by atoms with Crippen LogP contribution in [-0.2, 0) is 0 Å². The lowest BCUT2D eigenvalue weighted by atomic mass is 10.2. The molecule has 1 aromatic rings. The van der Waals surface area contributed by atoms with Crippen molar-refractivity contribution in [2.45, 2.75) is 0 Å². The van der Waals surface area contributed by atoms with E-state index in [1.165, 1.54) is 7.11 Å². The molecule has 0 aliphatic rings. The highest BCUT2D eigenvalue weighted by Gasteiger charge is 2.26. The maximum absolute atomic E-state index is 10.7. The number of benzene rings is 1. The molecule has 1 aromatic carbocycles. The van der Waals surface area contributed by atoms with E-state index in [4.69, 9.17) is 5.53 Å². The summed E-state index contributed by atoms with van der Waals surface area (Å²) in [5, 5.41) is 24.3. The first-order valence-corrected chi connectivity index (χ1v) is 4.07. The number of nitro groups is 2. The summed E-state index contributed by atoms with van der Waals surface area (Å²) in [7, 11) is 1.20. The number of hydrogen-bond donors (Lipinski definition) is 0. The van der Waals surface area contributed by atoms with E-state index in [1.807, 2.05) is 0 Å². The molecule has 1 rings (SSSR count). The first-order valence-electron chi connectivity index (χ1n) is 4.07. The first-order chi connectivity index (χ1) is 8.01. The van der Waals surface area contributed by atoms with Crippen molar-refractivity contribution in [1.82, 2.24) is 0 Å². The monoisotopic (exact) mass is 239 g/mol. The zero-order valence-electron chi connectivity index (χ0n) is 8.43. The predicted octanol–water partition coefficient (Wildman–Crippen LogP) is 2.45. The maximum Gasteiger partial charge on any atom is 0.289 e. The Morgan fingerprint density at radius 1 is 1.29 bits per heavy atom.